The first kappa shape index (κ1) is 16.9. The van der Waals surface area contributed by atoms with E-state index in [0.29, 0.717) is 10.8 Å². The van der Waals surface area contributed by atoms with E-state index in [1.807, 2.05) is 25.2 Å². The monoisotopic (exact) mass is 372 g/mol. The second-order valence-corrected chi connectivity index (χ2v) is 6.81. The molecule has 1 N–H and O–H groups in total. The Morgan fingerprint density at radius 1 is 1.15 bits per heavy atom. The Kier molecular flexibility index (Phi) is 4.55. The molecule has 3 aromatic rings. The van der Waals surface area contributed by atoms with Gasteiger partial charge in [-0.05, 0) is 37.5 Å². The number of aryl methyl sites for hydroxylation is 1. The maximum atomic E-state index is 6.25. The van der Waals surface area contributed by atoms with Crippen molar-refractivity contribution in [1.29, 1.82) is 0 Å². The Hall–Kier alpha value is -2.54. The Labute approximate surface area is 156 Å². The standard InChI is InChI=1S/C18H21ClN6O/c1-24-17-13(11-20-24)16(21-12-6-7-15(26-2)14(19)10-12)22-18(23-17)25-8-4-3-5-9-25/h6-7,10-11H,3-5,8-9H2,1-2H3,(H,21,22,23). The summed E-state index contributed by atoms with van der Waals surface area (Å²) in [5.41, 5.74) is 1.65. The van der Waals surface area contributed by atoms with Crippen molar-refractivity contribution in [2.45, 2.75) is 19.3 Å². The van der Waals surface area contributed by atoms with Gasteiger partial charge in [0.05, 0.1) is 23.7 Å². The molecule has 1 saturated heterocycles. The summed E-state index contributed by atoms with van der Waals surface area (Å²) in [5, 5.41) is 9.12. The van der Waals surface area contributed by atoms with Gasteiger partial charge in [-0.2, -0.15) is 15.1 Å². The maximum Gasteiger partial charge on any atom is 0.229 e. The van der Waals surface area contributed by atoms with E-state index in [9.17, 15) is 0 Å². The topological polar surface area (TPSA) is 68.1 Å². The molecule has 2 aromatic heterocycles. The maximum absolute atomic E-state index is 6.25. The fraction of sp³-hybridized carbons (Fsp3) is 0.389. The lowest BCUT2D eigenvalue weighted by molar-refractivity contribution is 0.415. The molecule has 0 bridgehead atoms. The lowest BCUT2D eigenvalue weighted by Gasteiger charge is -2.27. The molecule has 8 heteroatoms. The van der Waals surface area contributed by atoms with Crippen molar-refractivity contribution >= 4 is 40.1 Å². The first-order valence-corrected chi connectivity index (χ1v) is 9.09. The van der Waals surface area contributed by atoms with Crippen LogP contribution in [-0.2, 0) is 7.05 Å². The number of ether oxygens (including phenoxy) is 1. The minimum atomic E-state index is 0.547. The zero-order chi connectivity index (χ0) is 18.1. The summed E-state index contributed by atoms with van der Waals surface area (Å²) in [7, 11) is 3.49. The lowest BCUT2D eigenvalue weighted by atomic mass is 10.1. The van der Waals surface area contributed by atoms with Crippen LogP contribution < -0.4 is 15.0 Å². The number of methoxy groups -OCH3 is 1. The zero-order valence-corrected chi connectivity index (χ0v) is 15.6. The molecule has 0 amide bonds. The van der Waals surface area contributed by atoms with E-state index < -0.39 is 0 Å². The van der Waals surface area contributed by atoms with Gasteiger partial charge in [-0.15, -0.1) is 0 Å². The van der Waals surface area contributed by atoms with Gasteiger partial charge in [0.1, 0.15) is 11.6 Å². The van der Waals surface area contributed by atoms with Gasteiger partial charge >= 0.3 is 0 Å². The van der Waals surface area contributed by atoms with Crippen molar-refractivity contribution in [3.63, 3.8) is 0 Å². The Balaban J connectivity index is 1.74. The normalized spacial score (nSPS) is 14.7. The van der Waals surface area contributed by atoms with Crippen LogP contribution in [0.1, 0.15) is 19.3 Å². The van der Waals surface area contributed by atoms with Crippen LogP contribution in [0.15, 0.2) is 24.4 Å². The van der Waals surface area contributed by atoms with Crippen LogP contribution >= 0.6 is 11.6 Å². The van der Waals surface area contributed by atoms with Crippen LogP contribution in [-0.4, -0.2) is 39.9 Å². The number of nitrogens with one attached hydrogen (secondary N) is 1. The van der Waals surface area contributed by atoms with Crippen LogP contribution in [0.25, 0.3) is 11.0 Å². The van der Waals surface area contributed by atoms with Gasteiger partial charge in [-0.3, -0.25) is 4.68 Å². The minimum Gasteiger partial charge on any atom is -0.495 e. The number of hydrogen-bond acceptors (Lipinski definition) is 6. The molecule has 0 aliphatic carbocycles. The third-order valence-electron chi connectivity index (χ3n) is 4.63. The summed E-state index contributed by atoms with van der Waals surface area (Å²) in [5.74, 6) is 2.10. The number of aromatic nitrogens is 4. The summed E-state index contributed by atoms with van der Waals surface area (Å²) < 4.78 is 6.99. The average molecular weight is 373 g/mol. The summed E-state index contributed by atoms with van der Waals surface area (Å²) >= 11 is 6.25. The van der Waals surface area contributed by atoms with Crippen molar-refractivity contribution in [1.82, 2.24) is 19.7 Å². The van der Waals surface area contributed by atoms with Gasteiger partial charge in [-0.1, -0.05) is 11.6 Å². The van der Waals surface area contributed by atoms with Gasteiger partial charge in [0.25, 0.3) is 0 Å². The predicted octanol–water partition coefficient (Wildman–Crippen LogP) is 3.76. The molecule has 0 radical (unpaired) electrons. The Morgan fingerprint density at radius 3 is 2.69 bits per heavy atom. The number of anilines is 3. The average Bonchev–Trinajstić information content (AvgIpc) is 3.04. The van der Waals surface area contributed by atoms with Crippen LogP contribution in [0, 0.1) is 0 Å². The van der Waals surface area contributed by atoms with Crippen LogP contribution in [0.4, 0.5) is 17.5 Å². The summed E-state index contributed by atoms with van der Waals surface area (Å²) in [6, 6.07) is 5.57. The molecule has 1 aliphatic heterocycles. The summed E-state index contributed by atoms with van der Waals surface area (Å²) in [4.78, 5) is 11.8. The molecule has 0 unspecified atom stereocenters. The first-order chi connectivity index (χ1) is 12.7. The zero-order valence-electron chi connectivity index (χ0n) is 14.9. The number of fused-ring (bicyclic) bond motifs is 1. The van der Waals surface area contributed by atoms with Crippen molar-refractivity contribution in [2.75, 3.05) is 30.4 Å². The van der Waals surface area contributed by atoms with Crippen molar-refractivity contribution < 1.29 is 4.74 Å². The number of rotatable bonds is 4. The smallest absolute Gasteiger partial charge is 0.229 e. The number of benzene rings is 1. The molecule has 3 heterocycles. The molecule has 1 aromatic carbocycles. The Morgan fingerprint density at radius 2 is 1.96 bits per heavy atom. The quantitative estimate of drug-likeness (QED) is 0.752. The third-order valence-corrected chi connectivity index (χ3v) is 4.93. The van der Waals surface area contributed by atoms with Crippen LogP contribution in [0.2, 0.25) is 5.02 Å². The predicted molar refractivity (Wildman–Crippen MR) is 104 cm³/mol. The van der Waals surface area contributed by atoms with Gasteiger partial charge in [0.15, 0.2) is 5.65 Å². The molecule has 0 spiro atoms. The number of nitrogens with zero attached hydrogens (tertiary/aromatic N) is 5. The van der Waals surface area contributed by atoms with E-state index in [1.165, 1.54) is 19.3 Å². The SMILES string of the molecule is COc1ccc(Nc2nc(N3CCCCC3)nc3c2cnn3C)cc1Cl. The minimum absolute atomic E-state index is 0.547. The second-order valence-electron chi connectivity index (χ2n) is 6.40. The van der Waals surface area contributed by atoms with E-state index in [4.69, 9.17) is 26.3 Å². The molecular formula is C18H21ClN6O. The number of halogens is 1. The largest absolute Gasteiger partial charge is 0.495 e. The molecule has 136 valence electrons. The van der Waals surface area contributed by atoms with Crippen molar-refractivity contribution in [3.05, 3.63) is 29.4 Å². The highest BCUT2D eigenvalue weighted by atomic mass is 35.5. The highest BCUT2D eigenvalue weighted by Gasteiger charge is 2.18. The molecule has 1 fully saturated rings. The molecule has 0 atom stereocenters. The second kappa shape index (κ2) is 6.99. The molecular weight excluding hydrogens is 352 g/mol. The summed E-state index contributed by atoms with van der Waals surface area (Å²) in [6.45, 7) is 1.97. The van der Waals surface area contributed by atoms with Gasteiger partial charge in [0, 0.05) is 25.8 Å². The molecule has 1 aliphatic rings. The van der Waals surface area contributed by atoms with Gasteiger partial charge in [-0.25, -0.2) is 0 Å². The van der Waals surface area contributed by atoms with E-state index in [2.05, 4.69) is 15.3 Å². The van der Waals surface area contributed by atoms with Crippen molar-refractivity contribution in [3.8, 4) is 5.75 Å². The fourth-order valence-corrected chi connectivity index (χ4v) is 3.48. The highest BCUT2D eigenvalue weighted by Crippen LogP contribution is 2.31. The van der Waals surface area contributed by atoms with E-state index >= 15 is 0 Å². The molecule has 0 saturated carbocycles. The van der Waals surface area contributed by atoms with Gasteiger partial charge in [0.2, 0.25) is 5.95 Å². The first-order valence-electron chi connectivity index (χ1n) is 8.71. The highest BCUT2D eigenvalue weighted by molar-refractivity contribution is 6.32. The Bertz CT molecular complexity index is 935. The molecule has 7 nitrogen and oxygen atoms in total. The van der Waals surface area contributed by atoms with Gasteiger partial charge < -0.3 is 15.0 Å². The van der Waals surface area contributed by atoms with Crippen LogP contribution in [0.5, 0.6) is 5.75 Å². The number of piperidine rings is 1. The fourth-order valence-electron chi connectivity index (χ4n) is 3.22. The third kappa shape index (κ3) is 3.14. The van der Waals surface area contributed by atoms with Crippen molar-refractivity contribution in [2.24, 2.45) is 7.05 Å². The van der Waals surface area contributed by atoms with E-state index in [1.54, 1.807) is 18.0 Å². The van der Waals surface area contributed by atoms with E-state index in [-0.39, 0.29) is 0 Å². The molecule has 26 heavy (non-hydrogen) atoms. The lowest BCUT2D eigenvalue weighted by Crippen LogP contribution is -2.31. The molecule has 4 rings (SSSR count). The number of hydrogen-bond donors (Lipinski definition) is 1. The van der Waals surface area contributed by atoms with E-state index in [0.717, 1.165) is 41.6 Å². The summed E-state index contributed by atoms with van der Waals surface area (Å²) in [6.07, 6.45) is 5.38. The van der Waals surface area contributed by atoms with Crippen LogP contribution in [0.3, 0.4) is 0 Å².